The van der Waals surface area contributed by atoms with Crippen molar-refractivity contribution in [2.75, 3.05) is 47.4 Å². The Morgan fingerprint density at radius 3 is 2.36 bits per heavy atom. The molecule has 4 nitrogen and oxygen atoms in total. The van der Waals surface area contributed by atoms with Crippen LogP contribution >= 0.6 is 0 Å². The van der Waals surface area contributed by atoms with E-state index in [4.69, 9.17) is 0 Å². The molecule has 4 heteroatoms. The number of likely N-dealkylation sites (N-methyl/N-ethyl adjacent to an activating group) is 1. The lowest BCUT2D eigenvalue weighted by molar-refractivity contribution is -0.141. The normalized spacial score (nSPS) is 11.0. The van der Waals surface area contributed by atoms with Gasteiger partial charge in [-0.3, -0.25) is 9.69 Å². The smallest absolute Gasteiger partial charge is 0.319 e. The fourth-order valence-electron chi connectivity index (χ4n) is 1.21. The summed E-state index contributed by atoms with van der Waals surface area (Å²) in [4.78, 5) is 15.2. The first-order valence-electron chi connectivity index (χ1n) is 5.04. The van der Waals surface area contributed by atoms with Crippen molar-refractivity contribution in [1.82, 2.24) is 9.80 Å². The third-order valence-corrected chi connectivity index (χ3v) is 2.11. The van der Waals surface area contributed by atoms with E-state index in [1.165, 1.54) is 7.11 Å². The van der Waals surface area contributed by atoms with Gasteiger partial charge < -0.3 is 9.64 Å². The summed E-state index contributed by atoms with van der Waals surface area (Å²) in [5.41, 5.74) is 0. The molecule has 0 rings (SSSR count). The summed E-state index contributed by atoms with van der Waals surface area (Å²) < 4.78 is 4.62. The lowest BCUT2D eigenvalue weighted by Gasteiger charge is -2.19. The lowest BCUT2D eigenvalue weighted by atomic mass is 10.3. The second kappa shape index (κ2) is 7.76. The van der Waals surface area contributed by atoms with Gasteiger partial charge in [-0.15, -0.1) is 0 Å². The maximum Gasteiger partial charge on any atom is 0.319 e. The van der Waals surface area contributed by atoms with Gasteiger partial charge >= 0.3 is 5.97 Å². The van der Waals surface area contributed by atoms with E-state index in [1.807, 2.05) is 0 Å². The number of hydrogen-bond donors (Lipinski definition) is 0. The number of methoxy groups -OCH3 is 1. The van der Waals surface area contributed by atoms with Gasteiger partial charge in [0.1, 0.15) is 0 Å². The number of nitrogens with zero attached hydrogens (tertiary/aromatic N) is 2. The van der Waals surface area contributed by atoms with Gasteiger partial charge in [0, 0.05) is 0 Å². The molecule has 0 aliphatic heterocycles. The van der Waals surface area contributed by atoms with Gasteiger partial charge in [-0.2, -0.15) is 0 Å². The summed E-state index contributed by atoms with van der Waals surface area (Å²) in [7, 11) is 5.53. The van der Waals surface area contributed by atoms with Gasteiger partial charge in [-0.25, -0.2) is 0 Å². The Bertz CT molecular complexity index is 160. The summed E-state index contributed by atoms with van der Waals surface area (Å²) in [5.74, 6) is -0.156. The van der Waals surface area contributed by atoms with Gasteiger partial charge in [-0.1, -0.05) is 6.92 Å². The van der Waals surface area contributed by atoms with Crippen LogP contribution in [-0.2, 0) is 9.53 Å². The van der Waals surface area contributed by atoms with Crippen molar-refractivity contribution in [3.05, 3.63) is 0 Å². The highest BCUT2D eigenvalue weighted by Crippen LogP contribution is 1.93. The molecule has 0 aromatic rings. The molecule has 0 bridgehead atoms. The van der Waals surface area contributed by atoms with Crippen LogP contribution in [-0.4, -0.2) is 63.2 Å². The van der Waals surface area contributed by atoms with E-state index in [-0.39, 0.29) is 5.97 Å². The van der Waals surface area contributed by atoms with Crippen molar-refractivity contribution in [3.63, 3.8) is 0 Å². The minimum absolute atomic E-state index is 0.156. The van der Waals surface area contributed by atoms with Crippen LogP contribution in [0, 0.1) is 0 Å². The molecule has 84 valence electrons. The van der Waals surface area contributed by atoms with Crippen LogP contribution in [0.15, 0.2) is 0 Å². The second-order valence-corrected chi connectivity index (χ2v) is 3.60. The fourth-order valence-corrected chi connectivity index (χ4v) is 1.21. The highest BCUT2D eigenvalue weighted by Gasteiger charge is 2.08. The molecule has 0 aliphatic carbocycles. The summed E-state index contributed by atoms with van der Waals surface area (Å²) in [6.45, 7) is 5.35. The zero-order valence-corrected chi connectivity index (χ0v) is 9.75. The van der Waals surface area contributed by atoms with Crippen LogP contribution in [0.2, 0.25) is 0 Å². The Kier molecular flexibility index (Phi) is 7.42. The molecule has 14 heavy (non-hydrogen) atoms. The summed E-state index contributed by atoms with van der Waals surface area (Å²) in [6, 6.07) is 0. The van der Waals surface area contributed by atoms with E-state index >= 15 is 0 Å². The average molecular weight is 202 g/mol. The summed E-state index contributed by atoms with van der Waals surface area (Å²) >= 11 is 0. The van der Waals surface area contributed by atoms with Crippen molar-refractivity contribution in [3.8, 4) is 0 Å². The zero-order valence-electron chi connectivity index (χ0n) is 9.75. The average Bonchev–Trinajstić information content (AvgIpc) is 2.15. The summed E-state index contributed by atoms with van der Waals surface area (Å²) in [5, 5.41) is 0. The number of esters is 1. The maximum atomic E-state index is 11.0. The van der Waals surface area contributed by atoms with Crippen LogP contribution in [0.3, 0.4) is 0 Å². The van der Waals surface area contributed by atoms with Gasteiger partial charge in [-0.05, 0) is 40.2 Å². The molecule has 0 radical (unpaired) electrons. The van der Waals surface area contributed by atoms with Crippen LogP contribution in [0.25, 0.3) is 0 Å². The van der Waals surface area contributed by atoms with Crippen molar-refractivity contribution in [1.29, 1.82) is 0 Å². The molecule has 0 aromatic heterocycles. The van der Waals surface area contributed by atoms with Crippen molar-refractivity contribution < 1.29 is 9.53 Å². The van der Waals surface area contributed by atoms with Crippen LogP contribution < -0.4 is 0 Å². The number of carbonyl (C=O) groups excluding carboxylic acids is 1. The van der Waals surface area contributed by atoms with E-state index in [1.54, 1.807) is 0 Å². The van der Waals surface area contributed by atoms with Gasteiger partial charge in [0.25, 0.3) is 0 Å². The number of rotatable bonds is 7. The molecule has 0 saturated carbocycles. The molecule has 0 heterocycles. The Labute approximate surface area is 86.8 Å². The monoisotopic (exact) mass is 202 g/mol. The minimum atomic E-state index is -0.156. The molecule has 0 N–H and O–H groups in total. The van der Waals surface area contributed by atoms with Gasteiger partial charge in [0.2, 0.25) is 0 Å². The number of hydrogen-bond acceptors (Lipinski definition) is 4. The molecule has 0 atom stereocenters. The minimum Gasteiger partial charge on any atom is -0.468 e. The first-order valence-corrected chi connectivity index (χ1v) is 5.04. The predicted octanol–water partition coefficient (Wildman–Crippen LogP) is 0.433. The molecule has 0 saturated heterocycles. The molecule has 0 aromatic carbocycles. The molecule has 0 spiro atoms. The van der Waals surface area contributed by atoms with E-state index in [0.717, 1.165) is 26.1 Å². The van der Waals surface area contributed by atoms with E-state index in [9.17, 15) is 4.79 Å². The molecular weight excluding hydrogens is 180 g/mol. The third-order valence-electron chi connectivity index (χ3n) is 2.11. The van der Waals surface area contributed by atoms with Gasteiger partial charge in [0.05, 0.1) is 13.7 Å². The molecular formula is C10H22N2O2. The molecule has 0 amide bonds. The standard InChI is InChI=1S/C10H22N2O2/c1-5-12(9-10(13)14-4)8-6-7-11(2)3/h5-9H2,1-4H3. The van der Waals surface area contributed by atoms with Crippen LogP contribution in [0.4, 0.5) is 0 Å². The molecule has 0 aliphatic rings. The Hall–Kier alpha value is -0.610. The fraction of sp³-hybridized carbons (Fsp3) is 0.900. The highest BCUT2D eigenvalue weighted by atomic mass is 16.5. The Morgan fingerprint density at radius 2 is 1.93 bits per heavy atom. The largest absolute Gasteiger partial charge is 0.468 e. The van der Waals surface area contributed by atoms with E-state index < -0.39 is 0 Å². The highest BCUT2D eigenvalue weighted by molar-refractivity contribution is 5.71. The van der Waals surface area contributed by atoms with Gasteiger partial charge in [0.15, 0.2) is 0 Å². The first kappa shape index (κ1) is 13.4. The third kappa shape index (κ3) is 6.86. The number of ether oxygens (including phenoxy) is 1. The lowest BCUT2D eigenvalue weighted by Crippen LogP contribution is -2.32. The Balaban J connectivity index is 3.63. The second-order valence-electron chi connectivity index (χ2n) is 3.60. The molecule has 0 fully saturated rings. The predicted molar refractivity (Wildman–Crippen MR) is 57.3 cm³/mol. The number of carbonyl (C=O) groups is 1. The molecule has 0 unspecified atom stereocenters. The van der Waals surface area contributed by atoms with Crippen molar-refractivity contribution >= 4 is 5.97 Å². The van der Waals surface area contributed by atoms with Crippen molar-refractivity contribution in [2.24, 2.45) is 0 Å². The van der Waals surface area contributed by atoms with E-state index in [0.29, 0.717) is 6.54 Å². The first-order chi connectivity index (χ1) is 6.60. The summed E-state index contributed by atoms with van der Waals surface area (Å²) in [6.07, 6.45) is 1.08. The van der Waals surface area contributed by atoms with Crippen LogP contribution in [0.1, 0.15) is 13.3 Å². The SMILES string of the molecule is CCN(CCCN(C)C)CC(=O)OC. The van der Waals surface area contributed by atoms with E-state index in [2.05, 4.69) is 35.6 Å². The quantitative estimate of drug-likeness (QED) is 0.561. The van der Waals surface area contributed by atoms with Crippen LogP contribution in [0.5, 0.6) is 0 Å². The van der Waals surface area contributed by atoms with Crippen molar-refractivity contribution in [2.45, 2.75) is 13.3 Å². The maximum absolute atomic E-state index is 11.0. The zero-order chi connectivity index (χ0) is 11.0. The topological polar surface area (TPSA) is 32.8 Å². The Morgan fingerprint density at radius 1 is 1.29 bits per heavy atom.